The molecule has 3 rings (SSSR count). The minimum Gasteiger partial charge on any atom is -0.299 e. The molecule has 0 aromatic heterocycles. The van der Waals surface area contributed by atoms with Gasteiger partial charge in [0.15, 0.2) is 0 Å². The highest BCUT2D eigenvalue weighted by molar-refractivity contribution is 7.89. The first-order chi connectivity index (χ1) is 9.58. The van der Waals surface area contributed by atoms with Crippen LogP contribution in [0, 0.1) is 11.3 Å². The van der Waals surface area contributed by atoms with Crippen molar-refractivity contribution in [1.29, 1.82) is 5.26 Å². The van der Waals surface area contributed by atoms with E-state index < -0.39 is 10.0 Å². The second kappa shape index (κ2) is 5.17. The molecular weight excluding hydrogens is 274 g/mol. The number of sulfonamides is 1. The summed E-state index contributed by atoms with van der Waals surface area (Å²) in [5.74, 6) is 0. The number of nitrogens with zero attached hydrogens (tertiary/aromatic N) is 2. The zero-order valence-electron chi connectivity index (χ0n) is 11.1. The molecule has 2 fully saturated rings. The van der Waals surface area contributed by atoms with Crippen LogP contribution in [0.3, 0.4) is 0 Å². The first kappa shape index (κ1) is 13.6. The van der Waals surface area contributed by atoms with E-state index in [9.17, 15) is 8.42 Å². The molecule has 1 aliphatic heterocycles. The summed E-state index contributed by atoms with van der Waals surface area (Å²) in [5, 5.41) is 8.73. The van der Waals surface area contributed by atoms with Gasteiger partial charge in [-0.2, -0.15) is 5.26 Å². The summed E-state index contributed by atoms with van der Waals surface area (Å²) in [6.45, 7) is 1.78. The number of hydrogen-bond acceptors (Lipinski definition) is 4. The summed E-state index contributed by atoms with van der Waals surface area (Å²) in [7, 11) is -3.48. The Labute approximate surface area is 119 Å². The van der Waals surface area contributed by atoms with Crippen LogP contribution in [0.2, 0.25) is 0 Å². The van der Waals surface area contributed by atoms with Gasteiger partial charge in [0.05, 0.1) is 16.5 Å². The molecule has 6 heteroatoms. The van der Waals surface area contributed by atoms with E-state index in [-0.39, 0.29) is 10.9 Å². The quantitative estimate of drug-likeness (QED) is 0.900. The number of rotatable bonds is 4. The van der Waals surface area contributed by atoms with Crippen LogP contribution in [0.15, 0.2) is 29.2 Å². The summed E-state index contributed by atoms with van der Waals surface area (Å²) >= 11 is 0. The van der Waals surface area contributed by atoms with Crippen molar-refractivity contribution in [3.63, 3.8) is 0 Å². The fraction of sp³-hybridized carbons (Fsp3) is 0.500. The third-order valence-corrected chi connectivity index (χ3v) is 5.43. The van der Waals surface area contributed by atoms with Crippen molar-refractivity contribution in [2.45, 2.75) is 36.2 Å². The van der Waals surface area contributed by atoms with E-state index in [0.717, 1.165) is 19.5 Å². The lowest BCUT2D eigenvalue weighted by Gasteiger charge is -2.16. The molecule has 0 bridgehead atoms. The smallest absolute Gasteiger partial charge is 0.240 e. The van der Waals surface area contributed by atoms with E-state index in [2.05, 4.69) is 9.62 Å². The van der Waals surface area contributed by atoms with Crippen molar-refractivity contribution >= 4 is 10.0 Å². The third-order valence-electron chi connectivity index (χ3n) is 3.90. The second-order valence-corrected chi connectivity index (χ2v) is 7.18. The van der Waals surface area contributed by atoms with E-state index in [1.165, 1.54) is 37.1 Å². The average molecular weight is 291 g/mol. The van der Waals surface area contributed by atoms with Crippen molar-refractivity contribution < 1.29 is 8.42 Å². The van der Waals surface area contributed by atoms with Gasteiger partial charge in [0.25, 0.3) is 0 Å². The van der Waals surface area contributed by atoms with Crippen molar-refractivity contribution in [3.05, 3.63) is 29.8 Å². The van der Waals surface area contributed by atoms with Crippen LogP contribution in [0.4, 0.5) is 0 Å². The zero-order valence-corrected chi connectivity index (χ0v) is 11.9. The van der Waals surface area contributed by atoms with Gasteiger partial charge in [-0.25, -0.2) is 13.1 Å². The fourth-order valence-electron chi connectivity index (χ4n) is 2.65. The Hall–Kier alpha value is -1.42. The average Bonchev–Trinajstić information content (AvgIpc) is 3.20. The van der Waals surface area contributed by atoms with Crippen LogP contribution < -0.4 is 4.72 Å². The maximum Gasteiger partial charge on any atom is 0.240 e. The lowest BCUT2D eigenvalue weighted by atomic mass is 10.2. The fourth-order valence-corrected chi connectivity index (χ4v) is 3.91. The first-order valence-corrected chi connectivity index (χ1v) is 8.33. The summed E-state index contributed by atoms with van der Waals surface area (Å²) in [4.78, 5) is 2.59. The molecule has 1 saturated heterocycles. The standard InChI is InChI=1S/C14H17N3O2S/c15-9-11-1-5-14(6-2-11)20(18,19)16-12-7-8-17(10-12)13-3-4-13/h1-2,5-6,12-13,16H,3-4,7-8,10H2. The Balaban J connectivity index is 1.67. The molecule has 1 N–H and O–H groups in total. The molecule has 1 unspecified atom stereocenters. The molecule has 1 aliphatic carbocycles. The normalized spacial score (nSPS) is 23.6. The molecule has 5 nitrogen and oxygen atoms in total. The van der Waals surface area contributed by atoms with E-state index in [1.807, 2.05) is 6.07 Å². The van der Waals surface area contributed by atoms with Gasteiger partial charge in [-0.3, -0.25) is 4.90 Å². The molecular formula is C14H17N3O2S. The highest BCUT2D eigenvalue weighted by atomic mass is 32.2. The first-order valence-electron chi connectivity index (χ1n) is 6.85. The zero-order chi connectivity index (χ0) is 14.2. The van der Waals surface area contributed by atoms with Crippen molar-refractivity contribution in [2.75, 3.05) is 13.1 Å². The monoisotopic (exact) mass is 291 g/mol. The SMILES string of the molecule is N#Cc1ccc(S(=O)(=O)NC2CCN(C3CC3)C2)cc1. The largest absolute Gasteiger partial charge is 0.299 e. The van der Waals surface area contributed by atoms with Crippen LogP contribution >= 0.6 is 0 Å². The van der Waals surface area contributed by atoms with Crippen molar-refractivity contribution in [3.8, 4) is 6.07 Å². The summed E-state index contributed by atoms with van der Waals surface area (Å²) < 4.78 is 27.3. The molecule has 1 atom stereocenters. The molecule has 2 aliphatic rings. The molecule has 1 aromatic rings. The topological polar surface area (TPSA) is 73.2 Å². The van der Waals surface area contributed by atoms with Gasteiger partial charge < -0.3 is 0 Å². The Morgan fingerprint density at radius 1 is 1.20 bits per heavy atom. The molecule has 1 aromatic carbocycles. The Morgan fingerprint density at radius 2 is 1.90 bits per heavy atom. The maximum atomic E-state index is 12.3. The molecule has 0 amide bonds. The van der Waals surface area contributed by atoms with Gasteiger partial charge in [0.1, 0.15) is 0 Å². The van der Waals surface area contributed by atoms with Crippen molar-refractivity contribution in [2.24, 2.45) is 0 Å². The highest BCUT2D eigenvalue weighted by Crippen LogP contribution is 2.30. The van der Waals surface area contributed by atoms with Crippen molar-refractivity contribution in [1.82, 2.24) is 9.62 Å². The molecule has 1 heterocycles. The van der Waals surface area contributed by atoms with Gasteiger partial charge >= 0.3 is 0 Å². The lowest BCUT2D eigenvalue weighted by molar-refractivity contribution is 0.322. The van der Waals surface area contributed by atoms with E-state index in [4.69, 9.17) is 5.26 Å². The minimum absolute atomic E-state index is 0.00348. The predicted molar refractivity (Wildman–Crippen MR) is 74.5 cm³/mol. The number of nitrogens with one attached hydrogen (secondary N) is 1. The van der Waals surface area contributed by atoms with Crippen LogP contribution in [0.5, 0.6) is 0 Å². The lowest BCUT2D eigenvalue weighted by Crippen LogP contribution is -2.37. The predicted octanol–water partition coefficient (Wildman–Crippen LogP) is 1.07. The van der Waals surface area contributed by atoms with E-state index in [1.54, 1.807) is 0 Å². The molecule has 1 saturated carbocycles. The van der Waals surface area contributed by atoms with Gasteiger partial charge in [0, 0.05) is 25.2 Å². The Bertz CT molecular complexity index is 629. The maximum absolute atomic E-state index is 12.3. The number of likely N-dealkylation sites (tertiary alicyclic amines) is 1. The number of nitriles is 1. The van der Waals surface area contributed by atoms with Gasteiger partial charge in [0.2, 0.25) is 10.0 Å². The Morgan fingerprint density at radius 3 is 2.50 bits per heavy atom. The van der Waals surface area contributed by atoms with Crippen LogP contribution in [-0.2, 0) is 10.0 Å². The summed E-state index contributed by atoms with van der Waals surface area (Å²) in [6, 6.07) is 8.67. The van der Waals surface area contributed by atoms with Crippen LogP contribution in [0.1, 0.15) is 24.8 Å². The number of benzene rings is 1. The van der Waals surface area contributed by atoms with Crippen LogP contribution in [0.25, 0.3) is 0 Å². The van der Waals surface area contributed by atoms with Gasteiger partial charge in [-0.1, -0.05) is 0 Å². The van der Waals surface area contributed by atoms with Gasteiger partial charge in [-0.05, 0) is 43.5 Å². The minimum atomic E-state index is -3.48. The van der Waals surface area contributed by atoms with E-state index >= 15 is 0 Å². The Kier molecular flexibility index (Phi) is 3.50. The molecule has 0 radical (unpaired) electrons. The summed E-state index contributed by atoms with van der Waals surface area (Å²) in [5.41, 5.74) is 0.463. The molecule has 0 spiro atoms. The summed E-state index contributed by atoms with van der Waals surface area (Å²) in [6.07, 6.45) is 3.36. The molecule has 20 heavy (non-hydrogen) atoms. The van der Waals surface area contributed by atoms with Gasteiger partial charge in [-0.15, -0.1) is 0 Å². The molecule has 106 valence electrons. The number of hydrogen-bond donors (Lipinski definition) is 1. The highest BCUT2D eigenvalue weighted by Gasteiger charge is 2.35. The second-order valence-electron chi connectivity index (χ2n) is 5.47. The van der Waals surface area contributed by atoms with Crippen LogP contribution in [-0.4, -0.2) is 38.5 Å². The van der Waals surface area contributed by atoms with E-state index in [0.29, 0.717) is 11.6 Å². The third kappa shape index (κ3) is 2.85.